The third-order valence-corrected chi connectivity index (χ3v) is 3.58. The summed E-state index contributed by atoms with van der Waals surface area (Å²) in [7, 11) is 0. The predicted molar refractivity (Wildman–Crippen MR) is 82.2 cm³/mol. The Morgan fingerprint density at radius 2 is 1.85 bits per heavy atom. The second kappa shape index (κ2) is 7.03. The monoisotopic (exact) mass is 380 g/mol. The highest BCUT2D eigenvalue weighted by molar-refractivity contribution is 5.65. The summed E-state index contributed by atoms with van der Waals surface area (Å²) in [5.74, 6) is -1.87. The van der Waals surface area contributed by atoms with Gasteiger partial charge in [0.1, 0.15) is 35.8 Å². The first kappa shape index (κ1) is 18.3. The van der Waals surface area contributed by atoms with Crippen molar-refractivity contribution >= 4 is 0 Å². The molecule has 0 bridgehead atoms. The second-order valence-corrected chi connectivity index (χ2v) is 5.41. The van der Waals surface area contributed by atoms with Gasteiger partial charge in [0.2, 0.25) is 0 Å². The molecule has 138 valence electrons. The van der Waals surface area contributed by atoms with Crippen molar-refractivity contribution < 1.29 is 26.7 Å². The number of hydrogen-bond acceptors (Lipinski definition) is 4. The number of halogens is 5. The van der Waals surface area contributed by atoms with E-state index in [1.165, 1.54) is 6.07 Å². The number of benzene rings is 2. The van der Waals surface area contributed by atoms with Crippen molar-refractivity contribution in [3.8, 4) is 23.1 Å². The van der Waals surface area contributed by atoms with Crippen LogP contribution in [0.3, 0.4) is 0 Å². The van der Waals surface area contributed by atoms with Gasteiger partial charge in [-0.1, -0.05) is 11.3 Å². The van der Waals surface area contributed by atoms with Crippen LogP contribution in [0.5, 0.6) is 5.75 Å². The van der Waals surface area contributed by atoms with E-state index in [1.54, 1.807) is 6.07 Å². The quantitative estimate of drug-likeness (QED) is 0.688. The van der Waals surface area contributed by atoms with Crippen LogP contribution < -0.4 is 4.74 Å². The molecule has 0 saturated heterocycles. The van der Waals surface area contributed by atoms with Gasteiger partial charge in [0.05, 0.1) is 5.56 Å². The minimum absolute atomic E-state index is 0.00978. The van der Waals surface area contributed by atoms with E-state index in [0.29, 0.717) is 6.07 Å². The van der Waals surface area contributed by atoms with E-state index in [1.807, 2.05) is 0 Å². The average Bonchev–Trinajstić information content (AvgIpc) is 3.08. The Morgan fingerprint density at radius 3 is 2.56 bits per heavy atom. The fraction of sp³-hybridized carbons (Fsp3) is 0.118. The molecule has 0 aliphatic carbocycles. The molecule has 0 aliphatic heterocycles. The van der Waals surface area contributed by atoms with Crippen LogP contribution in [0.4, 0.5) is 22.0 Å². The number of hydrogen-bond donors (Lipinski definition) is 1. The summed E-state index contributed by atoms with van der Waals surface area (Å²) in [6, 6.07) is 7.33. The van der Waals surface area contributed by atoms with Gasteiger partial charge in [0.15, 0.2) is 5.69 Å². The highest BCUT2D eigenvalue weighted by Crippen LogP contribution is 2.33. The number of aromatic nitrogens is 3. The first-order valence-electron chi connectivity index (χ1n) is 7.38. The van der Waals surface area contributed by atoms with Crippen LogP contribution in [-0.4, -0.2) is 15.4 Å². The number of rotatable bonds is 4. The normalized spacial score (nSPS) is 11.3. The standard InChI is InChI=1S/C17H9F5N4O/c18-11-2-1-9(14(6-11)17(20,21)22)8-27-13-4-10(3-12(19)5-13)16-15(7-23)24-26-25-16/h1-6H,8H2,(H,24,25,26). The van der Waals surface area contributed by atoms with Crippen molar-refractivity contribution in [3.05, 3.63) is 64.9 Å². The number of aromatic amines is 1. The number of nitriles is 1. The van der Waals surface area contributed by atoms with E-state index < -0.39 is 30.0 Å². The molecule has 0 spiro atoms. The van der Waals surface area contributed by atoms with Gasteiger partial charge in [-0.25, -0.2) is 13.9 Å². The Labute approximate surface area is 149 Å². The Bertz CT molecular complexity index is 1020. The van der Waals surface area contributed by atoms with E-state index in [4.69, 9.17) is 10.00 Å². The fourth-order valence-electron chi connectivity index (χ4n) is 2.39. The highest BCUT2D eigenvalue weighted by Gasteiger charge is 2.33. The predicted octanol–water partition coefficient (Wildman–Crippen LogP) is 4.22. The molecule has 0 amide bonds. The van der Waals surface area contributed by atoms with Crippen LogP contribution >= 0.6 is 0 Å². The lowest BCUT2D eigenvalue weighted by atomic mass is 10.1. The summed E-state index contributed by atoms with van der Waals surface area (Å²) >= 11 is 0. The average molecular weight is 380 g/mol. The number of nitrogens with zero attached hydrogens (tertiary/aromatic N) is 3. The van der Waals surface area contributed by atoms with E-state index in [2.05, 4.69) is 15.4 Å². The molecule has 2 aromatic carbocycles. The molecular weight excluding hydrogens is 371 g/mol. The van der Waals surface area contributed by atoms with Crippen LogP contribution in [0.2, 0.25) is 0 Å². The van der Waals surface area contributed by atoms with Gasteiger partial charge in [-0.05, 0) is 24.3 Å². The van der Waals surface area contributed by atoms with Crippen molar-refractivity contribution in [2.45, 2.75) is 12.8 Å². The summed E-state index contributed by atoms with van der Waals surface area (Å²) in [5.41, 5.74) is -1.27. The Balaban J connectivity index is 1.89. The van der Waals surface area contributed by atoms with Gasteiger partial charge in [0.25, 0.3) is 0 Å². The number of alkyl halides is 3. The first-order chi connectivity index (χ1) is 12.8. The number of nitrogens with one attached hydrogen (secondary N) is 1. The molecule has 0 unspecified atom stereocenters. The summed E-state index contributed by atoms with van der Waals surface area (Å²) < 4.78 is 71.3. The topological polar surface area (TPSA) is 74.6 Å². The maximum absolute atomic E-state index is 13.9. The van der Waals surface area contributed by atoms with Crippen molar-refractivity contribution in [2.75, 3.05) is 0 Å². The second-order valence-electron chi connectivity index (χ2n) is 5.41. The smallest absolute Gasteiger partial charge is 0.416 e. The highest BCUT2D eigenvalue weighted by atomic mass is 19.4. The van der Waals surface area contributed by atoms with Crippen molar-refractivity contribution in [1.82, 2.24) is 15.4 Å². The van der Waals surface area contributed by atoms with E-state index in [0.717, 1.165) is 24.3 Å². The zero-order chi connectivity index (χ0) is 19.6. The Morgan fingerprint density at radius 1 is 1.07 bits per heavy atom. The maximum atomic E-state index is 13.9. The molecule has 10 heteroatoms. The Kier molecular flexibility index (Phi) is 4.77. The van der Waals surface area contributed by atoms with Gasteiger partial charge < -0.3 is 4.74 Å². The molecule has 1 heterocycles. The lowest BCUT2D eigenvalue weighted by Gasteiger charge is -2.14. The van der Waals surface area contributed by atoms with Gasteiger partial charge in [-0.2, -0.15) is 18.4 Å². The van der Waals surface area contributed by atoms with Gasteiger partial charge in [-0.3, -0.25) is 0 Å². The number of H-pyrrole nitrogens is 1. The molecule has 3 aromatic rings. The largest absolute Gasteiger partial charge is 0.489 e. The van der Waals surface area contributed by atoms with Crippen molar-refractivity contribution in [2.24, 2.45) is 0 Å². The van der Waals surface area contributed by atoms with Crippen LogP contribution in [0.15, 0.2) is 36.4 Å². The van der Waals surface area contributed by atoms with Gasteiger partial charge >= 0.3 is 6.18 Å². The lowest BCUT2D eigenvalue weighted by Crippen LogP contribution is -2.11. The molecule has 0 aliphatic rings. The van der Waals surface area contributed by atoms with Crippen LogP contribution in [-0.2, 0) is 12.8 Å². The third-order valence-electron chi connectivity index (χ3n) is 3.58. The molecule has 0 atom stereocenters. The summed E-state index contributed by atoms with van der Waals surface area (Å²) in [6.07, 6.45) is -4.77. The molecule has 27 heavy (non-hydrogen) atoms. The van der Waals surface area contributed by atoms with E-state index >= 15 is 0 Å². The molecule has 5 nitrogen and oxygen atoms in total. The number of ether oxygens (including phenoxy) is 1. The maximum Gasteiger partial charge on any atom is 0.416 e. The van der Waals surface area contributed by atoms with Crippen LogP contribution in [0.1, 0.15) is 16.8 Å². The van der Waals surface area contributed by atoms with Crippen molar-refractivity contribution in [1.29, 1.82) is 5.26 Å². The van der Waals surface area contributed by atoms with Gasteiger partial charge in [-0.15, -0.1) is 5.10 Å². The minimum atomic E-state index is -4.77. The molecule has 0 fully saturated rings. The Hall–Kier alpha value is -3.48. The SMILES string of the molecule is N#Cc1[nH]nnc1-c1cc(F)cc(OCc2ccc(F)cc2C(F)(F)F)c1. The summed E-state index contributed by atoms with van der Waals surface area (Å²) in [6.45, 7) is -0.568. The molecule has 0 saturated carbocycles. The van der Waals surface area contributed by atoms with Crippen LogP contribution in [0, 0.1) is 23.0 Å². The minimum Gasteiger partial charge on any atom is -0.489 e. The first-order valence-corrected chi connectivity index (χ1v) is 7.38. The summed E-state index contributed by atoms with van der Waals surface area (Å²) in [5, 5.41) is 18.4. The van der Waals surface area contributed by atoms with E-state index in [-0.39, 0.29) is 28.3 Å². The molecule has 3 rings (SSSR count). The zero-order valence-corrected chi connectivity index (χ0v) is 13.3. The lowest BCUT2D eigenvalue weighted by molar-refractivity contribution is -0.138. The van der Waals surface area contributed by atoms with Gasteiger partial charge in [0, 0.05) is 17.2 Å². The fourth-order valence-corrected chi connectivity index (χ4v) is 2.39. The van der Waals surface area contributed by atoms with Crippen LogP contribution in [0.25, 0.3) is 11.3 Å². The molecular formula is C17H9F5N4O. The molecule has 1 N–H and O–H groups in total. The summed E-state index contributed by atoms with van der Waals surface area (Å²) in [4.78, 5) is 0. The van der Waals surface area contributed by atoms with E-state index in [9.17, 15) is 22.0 Å². The molecule has 0 radical (unpaired) electrons. The zero-order valence-electron chi connectivity index (χ0n) is 13.3. The van der Waals surface area contributed by atoms with Crippen molar-refractivity contribution in [3.63, 3.8) is 0 Å². The third kappa shape index (κ3) is 4.03. The molecule has 1 aromatic heterocycles.